The van der Waals surface area contributed by atoms with Gasteiger partial charge in [0.2, 0.25) is 0 Å². The maximum atomic E-state index is 8.56. The van der Waals surface area contributed by atoms with Crippen molar-refractivity contribution in [2.75, 3.05) is 0 Å². The van der Waals surface area contributed by atoms with Crippen LogP contribution < -0.4 is 0 Å². The average molecular weight is 510 g/mol. The van der Waals surface area contributed by atoms with Crippen LogP contribution in [0.4, 0.5) is 0 Å². The minimum Gasteiger partial charge on any atom is 0 e. The van der Waals surface area contributed by atoms with Crippen molar-refractivity contribution in [2.45, 2.75) is 0 Å². The molecule has 0 amide bonds. The Morgan fingerprint density at radius 3 is 2.00 bits per heavy atom. The van der Waals surface area contributed by atoms with Gasteiger partial charge in [-0.05, 0) is 0 Å². The summed E-state index contributed by atoms with van der Waals surface area (Å²) in [4.78, 5) is 0. The number of rotatable bonds is 2. The van der Waals surface area contributed by atoms with E-state index in [1.54, 1.807) is 0 Å². The normalized spacial score (nSPS) is 5.57. The molecule has 0 unspecified atom stereocenters. The summed E-state index contributed by atoms with van der Waals surface area (Å²) in [6.45, 7) is 0. The topological polar surface area (TPSA) is 60.7 Å². The van der Waals surface area contributed by atoms with Crippen molar-refractivity contribution in [1.82, 2.24) is 0 Å². The molecule has 3 N–H and O–H groups in total. The summed E-state index contributed by atoms with van der Waals surface area (Å²) < 4.78 is 25.1. The number of hydrogen-bond acceptors (Lipinski definition) is 3. The van der Waals surface area contributed by atoms with Crippen LogP contribution in [0.5, 0.6) is 0 Å². The Labute approximate surface area is 89.4 Å². The van der Waals surface area contributed by atoms with E-state index in [-0.39, 0.29) is 26.2 Å². The monoisotopic (exact) mass is 509 g/mol. The third-order valence-corrected chi connectivity index (χ3v) is 52.7. The van der Waals surface area contributed by atoms with Gasteiger partial charge < -0.3 is 0 Å². The summed E-state index contributed by atoms with van der Waals surface area (Å²) in [7, 11) is 0. The molecular weight excluding hydrogens is 507 g/mol. The zero-order valence-electron chi connectivity index (χ0n) is 3.50. The smallest absolute Gasteiger partial charge is 0 e. The summed E-state index contributed by atoms with van der Waals surface area (Å²) in [6, 6.07) is 0. The molecule has 0 aromatic carbocycles. The molecule has 0 fully saturated rings. The van der Waals surface area contributed by atoms with Crippen molar-refractivity contribution in [3.8, 4) is 0 Å². The SMILES string of the molecule is [OH][Y][La]([OH])[Ce][OH].[Zr]. The molecule has 0 saturated carbocycles. The molecule has 0 saturated heterocycles. The maximum absolute atomic E-state index is 8.56. The molecule has 0 spiro atoms. The van der Waals surface area contributed by atoms with Gasteiger partial charge in [0.05, 0.1) is 0 Å². The second-order valence-corrected chi connectivity index (χ2v) is 78.8. The van der Waals surface area contributed by atoms with Crippen LogP contribution >= 0.6 is 0 Å². The van der Waals surface area contributed by atoms with E-state index in [0.29, 0.717) is 0 Å². The van der Waals surface area contributed by atoms with E-state index in [0.717, 1.165) is 0 Å². The Kier molecular flexibility index (Phi) is 20.9. The van der Waals surface area contributed by atoms with E-state index in [1.807, 2.05) is 0 Å². The van der Waals surface area contributed by atoms with Gasteiger partial charge >= 0.3 is 67.4 Å². The molecule has 0 bridgehead atoms. The third-order valence-electron chi connectivity index (χ3n) is 0.273. The molecule has 0 heterocycles. The molecule has 0 aromatic rings. The molecule has 0 radical (unpaired) electrons. The van der Waals surface area contributed by atoms with Gasteiger partial charge in [-0.3, -0.25) is 0 Å². The van der Waals surface area contributed by atoms with E-state index in [9.17, 15) is 0 Å². The zero-order chi connectivity index (χ0) is 4.99. The molecule has 0 aromatic heterocycles. The minimum absolute atomic E-state index is 0. The van der Waals surface area contributed by atoms with Crippen molar-refractivity contribution >= 4 is 0 Å². The predicted octanol–water partition coefficient (Wildman–Crippen LogP) is -1.68. The van der Waals surface area contributed by atoms with Crippen LogP contribution in [0.3, 0.4) is 0 Å². The van der Waals surface area contributed by atoms with Gasteiger partial charge in [0.15, 0.2) is 0 Å². The van der Waals surface area contributed by atoms with Crippen molar-refractivity contribution in [2.24, 2.45) is 0 Å². The van der Waals surface area contributed by atoms with E-state index in [1.165, 1.54) is 0 Å². The van der Waals surface area contributed by atoms with Gasteiger partial charge in [-0.15, -0.1) is 0 Å². The molecule has 3 nitrogen and oxygen atoms in total. The Morgan fingerprint density at radius 1 is 1.57 bits per heavy atom. The van der Waals surface area contributed by atoms with Gasteiger partial charge in [0, 0.05) is 26.2 Å². The average Bonchev–Trinajstić information content (AvgIpc) is 1.65. The summed E-state index contributed by atoms with van der Waals surface area (Å²) in [5.74, 6) is 0. The second kappa shape index (κ2) is 10.4. The summed E-state index contributed by atoms with van der Waals surface area (Å²) >= 11 is -5.18. The van der Waals surface area contributed by atoms with Gasteiger partial charge in [0.25, 0.3) is 0 Å². The van der Waals surface area contributed by atoms with Crippen LogP contribution in [0.2, 0.25) is 0 Å². The third kappa shape index (κ3) is 10.4. The van der Waals surface area contributed by atoms with Gasteiger partial charge in [-0.25, -0.2) is 0 Å². The number of hydrogen-bond donors (Lipinski definition) is 3. The predicted molar refractivity (Wildman–Crippen MR) is 6.66 cm³/mol. The van der Waals surface area contributed by atoms with Crippen LogP contribution in [-0.2, 0) is 47.5 Å². The van der Waals surface area contributed by atoms with E-state index in [4.69, 9.17) is 5.82 Å². The Morgan fingerprint density at radius 2 is 2.00 bits per heavy atom. The maximum Gasteiger partial charge on any atom is 0 e. The van der Waals surface area contributed by atoms with E-state index >= 15 is 0 Å². The summed E-state index contributed by atoms with van der Waals surface area (Å²) in [5.41, 5.74) is 0. The largest absolute Gasteiger partial charge is 0 e. The molecule has 0 aliphatic rings. The van der Waals surface area contributed by atoms with Crippen molar-refractivity contribution < 1.29 is 93.7 Å². The zero-order valence-corrected chi connectivity index (χ0v) is 15.6. The molecule has 7 heavy (non-hydrogen) atoms. The summed E-state index contributed by atoms with van der Waals surface area (Å²) in [6.07, 6.45) is 0. The first-order valence-electron chi connectivity index (χ1n) is 1.36. The van der Waals surface area contributed by atoms with Gasteiger partial charge in [-0.1, -0.05) is 0 Å². The first kappa shape index (κ1) is 14.0. The van der Waals surface area contributed by atoms with E-state index < -0.39 is 61.6 Å². The minimum atomic E-state index is -2.32. The van der Waals surface area contributed by atoms with Crippen LogP contribution in [0, 0.1) is 40.3 Å². The quantitative estimate of drug-likeness (QED) is 0.417. The van der Waals surface area contributed by atoms with Crippen LogP contribution in [0.1, 0.15) is 0 Å². The molecule has 7 heteroatoms. The second-order valence-electron chi connectivity index (χ2n) is 0.723. The van der Waals surface area contributed by atoms with Crippen LogP contribution in [-0.4, -0.2) is 5.82 Å². The molecule has 0 atom stereocenters. The standard InChI is InChI=1S/Ce.La.3H2O.Y.Zr/h;;3*1H2;;/q2*+1;;;;+1;/p-3. The van der Waals surface area contributed by atoms with Gasteiger partial charge in [0.1, 0.15) is 0 Å². The fourth-order valence-corrected chi connectivity index (χ4v) is 10.5. The van der Waals surface area contributed by atoms with Crippen molar-refractivity contribution in [1.29, 1.82) is 0 Å². The Balaban J connectivity index is 0. The molecule has 0 rings (SSSR count). The first-order chi connectivity index (χ1) is 2.81. The molecule has 0 aliphatic carbocycles. The molecule has 0 aliphatic heterocycles. The first-order valence-corrected chi connectivity index (χ1v) is 34.7. The summed E-state index contributed by atoms with van der Waals surface area (Å²) in [5, 5.41) is 0. The van der Waals surface area contributed by atoms with Crippen molar-refractivity contribution in [3.05, 3.63) is 0 Å². The van der Waals surface area contributed by atoms with Gasteiger partial charge in [-0.2, -0.15) is 0 Å². The van der Waals surface area contributed by atoms with Crippen LogP contribution in [0.15, 0.2) is 0 Å². The fourth-order valence-electron chi connectivity index (χ4n) is 0.0333. The van der Waals surface area contributed by atoms with E-state index in [2.05, 4.69) is 0 Å². The Hall–Kier alpha value is 4.44. The van der Waals surface area contributed by atoms with Crippen molar-refractivity contribution in [3.63, 3.8) is 0 Å². The van der Waals surface area contributed by atoms with Crippen LogP contribution in [0.25, 0.3) is 0 Å². The molecule has 35 valence electrons. The Bertz CT molecular complexity index is 34.1. The molecular formula is H3CeLaO3YZr. The fraction of sp³-hybridized carbons (Fsp3) is 0.